The van der Waals surface area contributed by atoms with E-state index in [2.05, 4.69) is 10.5 Å². The van der Waals surface area contributed by atoms with Crippen LogP contribution in [-0.4, -0.2) is 31.8 Å². The summed E-state index contributed by atoms with van der Waals surface area (Å²) in [5.41, 5.74) is 4.99. The van der Waals surface area contributed by atoms with Gasteiger partial charge in [0.15, 0.2) is 11.5 Å². The molecule has 4 aromatic carbocycles. The molecule has 0 unspecified atom stereocenters. The van der Waals surface area contributed by atoms with E-state index in [9.17, 15) is 9.59 Å². The third-order valence-corrected chi connectivity index (χ3v) is 5.46. The first-order chi connectivity index (χ1) is 17.5. The van der Waals surface area contributed by atoms with Crippen molar-refractivity contribution >= 4 is 28.9 Å². The van der Waals surface area contributed by atoms with E-state index in [1.54, 1.807) is 36.4 Å². The molecule has 0 saturated heterocycles. The molecule has 0 atom stereocenters. The van der Waals surface area contributed by atoms with Gasteiger partial charge in [-0.3, -0.25) is 4.79 Å². The highest BCUT2D eigenvalue weighted by Gasteiger charge is 2.16. The minimum atomic E-state index is -0.478. The molecule has 4 aromatic rings. The SMILES string of the molecule is CCOc1cc(/C=N\NC(=O)c2ccc(C)cc2OC)ccc1OC(=O)c1cccc2ccccc12. The molecule has 1 amide bonds. The number of hydrazone groups is 1. The quantitative estimate of drug-likeness (QED) is 0.154. The number of ether oxygens (including phenoxy) is 3. The van der Waals surface area contributed by atoms with Gasteiger partial charge in [-0.05, 0) is 72.1 Å². The summed E-state index contributed by atoms with van der Waals surface area (Å²) in [5.74, 6) is 0.280. The van der Waals surface area contributed by atoms with E-state index in [0.29, 0.717) is 40.5 Å². The highest BCUT2D eigenvalue weighted by atomic mass is 16.6. The van der Waals surface area contributed by atoms with Crippen molar-refractivity contribution in [3.63, 3.8) is 0 Å². The van der Waals surface area contributed by atoms with Crippen molar-refractivity contribution in [1.82, 2.24) is 5.43 Å². The number of hydrogen-bond acceptors (Lipinski definition) is 6. The fourth-order valence-electron chi connectivity index (χ4n) is 3.73. The van der Waals surface area contributed by atoms with Crippen LogP contribution >= 0.6 is 0 Å². The molecule has 0 radical (unpaired) electrons. The van der Waals surface area contributed by atoms with Crippen molar-refractivity contribution in [3.8, 4) is 17.2 Å². The maximum atomic E-state index is 13.0. The van der Waals surface area contributed by atoms with Crippen molar-refractivity contribution in [3.05, 3.63) is 101 Å². The highest BCUT2D eigenvalue weighted by Crippen LogP contribution is 2.30. The highest BCUT2D eigenvalue weighted by molar-refractivity contribution is 6.05. The number of carbonyl (C=O) groups excluding carboxylic acids is 2. The Morgan fingerprint density at radius 1 is 0.889 bits per heavy atom. The second-order valence-corrected chi connectivity index (χ2v) is 7.96. The molecule has 7 heteroatoms. The lowest BCUT2D eigenvalue weighted by Gasteiger charge is -2.12. The molecule has 0 heterocycles. The van der Waals surface area contributed by atoms with Crippen LogP contribution < -0.4 is 19.6 Å². The number of methoxy groups -OCH3 is 1. The number of carbonyl (C=O) groups is 2. The Kier molecular flexibility index (Phi) is 7.60. The summed E-state index contributed by atoms with van der Waals surface area (Å²) in [6.45, 7) is 4.14. The van der Waals surface area contributed by atoms with Gasteiger partial charge in [0.2, 0.25) is 0 Å². The summed E-state index contributed by atoms with van der Waals surface area (Å²) in [5, 5.41) is 5.81. The average molecular weight is 483 g/mol. The van der Waals surface area contributed by atoms with Crippen LogP contribution in [0, 0.1) is 6.92 Å². The summed E-state index contributed by atoms with van der Waals surface area (Å²) in [6.07, 6.45) is 1.48. The molecule has 36 heavy (non-hydrogen) atoms. The number of nitrogens with one attached hydrogen (secondary N) is 1. The van der Waals surface area contributed by atoms with Gasteiger partial charge in [0, 0.05) is 0 Å². The molecule has 0 fully saturated rings. The van der Waals surface area contributed by atoms with Crippen LogP contribution in [0.2, 0.25) is 0 Å². The Bertz CT molecular complexity index is 1440. The lowest BCUT2D eigenvalue weighted by molar-refractivity contribution is 0.0730. The summed E-state index contributed by atoms with van der Waals surface area (Å²) in [7, 11) is 1.51. The number of nitrogens with zero attached hydrogens (tertiary/aromatic N) is 1. The van der Waals surface area contributed by atoms with Gasteiger partial charge in [0.05, 0.1) is 31.1 Å². The molecule has 0 bridgehead atoms. The van der Waals surface area contributed by atoms with Crippen LogP contribution in [0.3, 0.4) is 0 Å². The Labute approximate surface area is 209 Å². The molecule has 0 saturated carbocycles. The Morgan fingerprint density at radius 2 is 1.69 bits per heavy atom. The van der Waals surface area contributed by atoms with Crippen LogP contribution in [0.1, 0.15) is 38.8 Å². The van der Waals surface area contributed by atoms with E-state index < -0.39 is 11.9 Å². The third kappa shape index (κ3) is 5.52. The van der Waals surface area contributed by atoms with Crippen molar-refractivity contribution in [2.45, 2.75) is 13.8 Å². The molecule has 0 aliphatic rings. The van der Waals surface area contributed by atoms with Gasteiger partial charge in [-0.15, -0.1) is 0 Å². The zero-order valence-electron chi connectivity index (χ0n) is 20.3. The maximum Gasteiger partial charge on any atom is 0.344 e. The average Bonchev–Trinajstić information content (AvgIpc) is 2.89. The molecular weight excluding hydrogens is 456 g/mol. The van der Waals surface area contributed by atoms with Crippen LogP contribution in [0.5, 0.6) is 17.2 Å². The minimum absolute atomic E-state index is 0.292. The van der Waals surface area contributed by atoms with Gasteiger partial charge in [0.1, 0.15) is 5.75 Å². The molecule has 0 aliphatic heterocycles. The van der Waals surface area contributed by atoms with Gasteiger partial charge in [-0.1, -0.05) is 42.5 Å². The fourth-order valence-corrected chi connectivity index (χ4v) is 3.73. The molecule has 182 valence electrons. The van der Waals surface area contributed by atoms with Gasteiger partial charge in [-0.25, -0.2) is 10.2 Å². The van der Waals surface area contributed by atoms with Gasteiger partial charge in [-0.2, -0.15) is 5.10 Å². The minimum Gasteiger partial charge on any atom is -0.496 e. The number of hydrogen-bond donors (Lipinski definition) is 1. The molecule has 0 aliphatic carbocycles. The number of amides is 1. The number of rotatable bonds is 8. The smallest absolute Gasteiger partial charge is 0.344 e. The van der Waals surface area contributed by atoms with Crippen LogP contribution in [0.4, 0.5) is 0 Å². The molecule has 4 rings (SSSR count). The second-order valence-electron chi connectivity index (χ2n) is 7.96. The molecule has 0 spiro atoms. The number of esters is 1. The van der Waals surface area contributed by atoms with Gasteiger partial charge < -0.3 is 14.2 Å². The zero-order valence-corrected chi connectivity index (χ0v) is 20.3. The lowest BCUT2D eigenvalue weighted by atomic mass is 10.0. The summed E-state index contributed by atoms with van der Waals surface area (Å²) < 4.78 is 16.7. The third-order valence-electron chi connectivity index (χ3n) is 5.46. The Balaban J connectivity index is 1.50. The van der Waals surface area contributed by atoms with E-state index in [4.69, 9.17) is 14.2 Å². The van der Waals surface area contributed by atoms with Crippen molar-refractivity contribution in [1.29, 1.82) is 0 Å². The molecule has 0 aromatic heterocycles. The van der Waals surface area contributed by atoms with Gasteiger partial charge in [0.25, 0.3) is 5.91 Å². The number of benzene rings is 4. The fraction of sp³-hybridized carbons (Fsp3) is 0.138. The van der Waals surface area contributed by atoms with E-state index >= 15 is 0 Å². The molecular formula is C29H26N2O5. The predicted molar refractivity (Wildman–Crippen MR) is 139 cm³/mol. The van der Waals surface area contributed by atoms with Crippen LogP contribution in [0.15, 0.2) is 84.0 Å². The van der Waals surface area contributed by atoms with E-state index in [-0.39, 0.29) is 0 Å². The largest absolute Gasteiger partial charge is 0.496 e. The van der Waals surface area contributed by atoms with Crippen molar-refractivity contribution in [2.24, 2.45) is 5.10 Å². The normalized spacial score (nSPS) is 10.9. The lowest BCUT2D eigenvalue weighted by Crippen LogP contribution is -2.18. The monoisotopic (exact) mass is 482 g/mol. The Hall–Kier alpha value is -4.65. The van der Waals surface area contributed by atoms with E-state index in [1.165, 1.54) is 13.3 Å². The summed E-state index contributed by atoms with van der Waals surface area (Å²) in [4.78, 5) is 25.5. The summed E-state index contributed by atoms with van der Waals surface area (Å²) in [6, 6.07) is 23.5. The molecule has 7 nitrogen and oxygen atoms in total. The maximum absolute atomic E-state index is 13.0. The van der Waals surface area contributed by atoms with Crippen molar-refractivity contribution < 1.29 is 23.8 Å². The summed E-state index contributed by atoms with van der Waals surface area (Å²) >= 11 is 0. The number of aryl methyl sites for hydroxylation is 1. The second kappa shape index (κ2) is 11.2. The molecule has 1 N–H and O–H groups in total. The predicted octanol–water partition coefficient (Wildman–Crippen LogP) is 5.54. The standard InChI is InChI=1S/C29H26N2O5/c1-4-35-27-17-20(18-30-31-28(32)24-14-12-19(2)16-26(24)34-3)13-15-25(27)36-29(33)23-11-7-9-21-8-5-6-10-22(21)23/h5-18H,4H2,1-3H3,(H,31,32)/b30-18-. The van der Waals surface area contributed by atoms with Gasteiger partial charge >= 0.3 is 5.97 Å². The first kappa shape index (κ1) is 24.5. The van der Waals surface area contributed by atoms with Crippen LogP contribution in [-0.2, 0) is 0 Å². The first-order valence-corrected chi connectivity index (χ1v) is 11.4. The Morgan fingerprint density at radius 3 is 2.50 bits per heavy atom. The zero-order chi connectivity index (χ0) is 25.5. The van der Waals surface area contributed by atoms with Crippen LogP contribution in [0.25, 0.3) is 10.8 Å². The topological polar surface area (TPSA) is 86.2 Å². The number of fused-ring (bicyclic) bond motifs is 1. The first-order valence-electron chi connectivity index (χ1n) is 11.4. The van der Waals surface area contributed by atoms with Crippen molar-refractivity contribution in [2.75, 3.05) is 13.7 Å². The van der Waals surface area contributed by atoms with E-state index in [1.807, 2.05) is 56.3 Å². The van der Waals surface area contributed by atoms with E-state index in [0.717, 1.165) is 16.3 Å².